The third-order valence-corrected chi connectivity index (χ3v) is 6.35. The Balaban J connectivity index is 1.19. The number of nitrogens with zero attached hydrogens (tertiary/aromatic N) is 2. The van der Waals surface area contributed by atoms with Crippen molar-refractivity contribution in [2.75, 3.05) is 5.32 Å². The molecule has 4 aromatic rings. The third kappa shape index (κ3) is 4.11. The molecule has 2 aromatic carbocycles. The first kappa shape index (κ1) is 19.3. The molecular formula is C25H25ClN4. The molecule has 2 heterocycles. The second kappa shape index (κ2) is 8.58. The maximum atomic E-state index is 6.11. The molecule has 1 saturated carbocycles. The van der Waals surface area contributed by atoms with Gasteiger partial charge < -0.3 is 10.6 Å². The lowest BCUT2D eigenvalue weighted by Crippen LogP contribution is -2.36. The summed E-state index contributed by atoms with van der Waals surface area (Å²) in [5.74, 6) is 0. The smallest absolute Gasteiger partial charge is 0.0737 e. The Bertz CT molecular complexity index is 1160. The van der Waals surface area contributed by atoms with E-state index in [1.165, 1.54) is 23.8 Å². The standard InChI is InChI=1S/C25H25ClN4/c26-18-5-10-22-24(12-14-28-25(22)15-18)30-20-8-6-19(7-9-20)29-16-17-11-13-27-23-4-2-1-3-21(17)23/h1-5,10-15,19-20,29H,6-9,16H2,(H,28,30). The highest BCUT2D eigenvalue weighted by Gasteiger charge is 2.21. The quantitative estimate of drug-likeness (QED) is 0.422. The highest BCUT2D eigenvalue weighted by atomic mass is 35.5. The number of halogens is 1. The van der Waals surface area contributed by atoms with E-state index in [0.29, 0.717) is 12.1 Å². The first-order valence-electron chi connectivity index (χ1n) is 10.6. The maximum absolute atomic E-state index is 6.11. The van der Waals surface area contributed by atoms with Crippen LogP contribution in [-0.2, 0) is 6.54 Å². The number of pyridine rings is 2. The second-order valence-electron chi connectivity index (χ2n) is 8.08. The molecule has 2 aromatic heterocycles. The van der Waals surface area contributed by atoms with E-state index in [9.17, 15) is 0 Å². The van der Waals surface area contributed by atoms with Crippen molar-refractivity contribution < 1.29 is 0 Å². The fourth-order valence-corrected chi connectivity index (χ4v) is 4.64. The number of hydrogen-bond acceptors (Lipinski definition) is 4. The number of aromatic nitrogens is 2. The molecule has 0 saturated heterocycles. The van der Waals surface area contributed by atoms with Crippen LogP contribution in [0.5, 0.6) is 0 Å². The molecule has 30 heavy (non-hydrogen) atoms. The van der Waals surface area contributed by atoms with Crippen molar-refractivity contribution in [3.05, 3.63) is 77.6 Å². The average Bonchev–Trinajstić information content (AvgIpc) is 2.78. The largest absolute Gasteiger partial charge is 0.382 e. The van der Waals surface area contributed by atoms with Crippen LogP contribution >= 0.6 is 11.6 Å². The molecule has 0 bridgehead atoms. The van der Waals surface area contributed by atoms with Crippen LogP contribution in [0, 0.1) is 0 Å². The minimum absolute atomic E-state index is 0.492. The van der Waals surface area contributed by atoms with Crippen LogP contribution in [0.1, 0.15) is 31.2 Å². The topological polar surface area (TPSA) is 49.8 Å². The molecule has 1 aliphatic carbocycles. The van der Waals surface area contributed by atoms with E-state index in [2.05, 4.69) is 57.0 Å². The minimum Gasteiger partial charge on any atom is -0.382 e. The van der Waals surface area contributed by atoms with Crippen molar-refractivity contribution in [1.29, 1.82) is 0 Å². The van der Waals surface area contributed by atoms with Gasteiger partial charge in [0.1, 0.15) is 0 Å². The summed E-state index contributed by atoms with van der Waals surface area (Å²) >= 11 is 6.11. The third-order valence-electron chi connectivity index (χ3n) is 6.11. The van der Waals surface area contributed by atoms with Gasteiger partial charge in [0.25, 0.3) is 0 Å². The molecule has 0 aliphatic heterocycles. The predicted octanol–water partition coefficient (Wildman–Crippen LogP) is 5.95. The lowest BCUT2D eigenvalue weighted by Gasteiger charge is -2.31. The zero-order valence-electron chi connectivity index (χ0n) is 16.8. The van der Waals surface area contributed by atoms with Gasteiger partial charge in [-0.1, -0.05) is 29.8 Å². The molecule has 4 nitrogen and oxygen atoms in total. The van der Waals surface area contributed by atoms with Gasteiger partial charge in [0.05, 0.1) is 11.0 Å². The zero-order chi connectivity index (χ0) is 20.3. The number of para-hydroxylation sites is 1. The summed E-state index contributed by atoms with van der Waals surface area (Å²) in [4.78, 5) is 8.91. The maximum Gasteiger partial charge on any atom is 0.0737 e. The Kier molecular flexibility index (Phi) is 5.52. The van der Waals surface area contributed by atoms with E-state index in [-0.39, 0.29) is 0 Å². The lowest BCUT2D eigenvalue weighted by atomic mass is 9.90. The number of hydrogen-bond donors (Lipinski definition) is 2. The van der Waals surface area contributed by atoms with E-state index in [1.54, 1.807) is 0 Å². The molecule has 0 spiro atoms. The van der Waals surface area contributed by atoms with Gasteiger partial charge in [-0.3, -0.25) is 9.97 Å². The van der Waals surface area contributed by atoms with E-state index >= 15 is 0 Å². The predicted molar refractivity (Wildman–Crippen MR) is 125 cm³/mol. The number of nitrogens with one attached hydrogen (secondary N) is 2. The highest BCUT2D eigenvalue weighted by molar-refractivity contribution is 6.31. The van der Waals surface area contributed by atoms with Gasteiger partial charge >= 0.3 is 0 Å². The second-order valence-corrected chi connectivity index (χ2v) is 8.52. The SMILES string of the molecule is Clc1ccc2c(NC3CCC(NCc4ccnc5ccccc45)CC3)ccnc2c1. The van der Waals surface area contributed by atoms with Gasteiger partial charge in [-0.15, -0.1) is 0 Å². The summed E-state index contributed by atoms with van der Waals surface area (Å²) in [6, 6.07) is 19.5. The summed E-state index contributed by atoms with van der Waals surface area (Å²) in [6.45, 7) is 0.890. The van der Waals surface area contributed by atoms with Crippen molar-refractivity contribution >= 4 is 39.1 Å². The summed E-state index contributed by atoms with van der Waals surface area (Å²) in [5.41, 5.74) is 4.47. The van der Waals surface area contributed by atoms with Crippen LogP contribution in [0.4, 0.5) is 5.69 Å². The van der Waals surface area contributed by atoms with Crippen LogP contribution in [0.2, 0.25) is 5.02 Å². The Labute approximate surface area is 181 Å². The van der Waals surface area contributed by atoms with Crippen LogP contribution < -0.4 is 10.6 Å². The minimum atomic E-state index is 0.492. The summed E-state index contributed by atoms with van der Waals surface area (Å²) < 4.78 is 0. The van der Waals surface area contributed by atoms with E-state index < -0.39 is 0 Å². The number of fused-ring (bicyclic) bond motifs is 2. The molecule has 0 atom stereocenters. The monoisotopic (exact) mass is 416 g/mol. The Morgan fingerprint density at radius 2 is 1.57 bits per heavy atom. The van der Waals surface area contributed by atoms with Gasteiger partial charge in [-0.05, 0) is 67.6 Å². The van der Waals surface area contributed by atoms with Crippen LogP contribution in [0.15, 0.2) is 67.0 Å². The summed E-state index contributed by atoms with van der Waals surface area (Å²) in [5, 5.41) is 10.6. The molecule has 5 rings (SSSR count). The molecule has 1 fully saturated rings. The van der Waals surface area contributed by atoms with Crippen molar-refractivity contribution in [1.82, 2.24) is 15.3 Å². The number of anilines is 1. The Hall–Kier alpha value is -2.69. The fourth-order valence-electron chi connectivity index (χ4n) is 4.47. The molecule has 0 amide bonds. The van der Waals surface area contributed by atoms with Gasteiger partial charge in [0.2, 0.25) is 0 Å². The fraction of sp³-hybridized carbons (Fsp3) is 0.280. The van der Waals surface area contributed by atoms with Crippen molar-refractivity contribution in [2.45, 2.75) is 44.3 Å². The van der Waals surface area contributed by atoms with Gasteiger partial charge in [-0.2, -0.15) is 0 Å². The number of benzene rings is 2. The van der Waals surface area contributed by atoms with Crippen LogP contribution in [0.25, 0.3) is 21.8 Å². The van der Waals surface area contributed by atoms with Gasteiger partial charge in [0.15, 0.2) is 0 Å². The summed E-state index contributed by atoms with van der Waals surface area (Å²) in [6.07, 6.45) is 8.43. The van der Waals surface area contributed by atoms with E-state index in [4.69, 9.17) is 11.6 Å². The van der Waals surface area contributed by atoms with Crippen molar-refractivity contribution in [2.24, 2.45) is 0 Å². The average molecular weight is 417 g/mol. The molecule has 1 aliphatic rings. The van der Waals surface area contributed by atoms with Crippen molar-refractivity contribution in [3.8, 4) is 0 Å². The molecule has 0 radical (unpaired) electrons. The normalized spacial score (nSPS) is 19.2. The molecular weight excluding hydrogens is 392 g/mol. The zero-order valence-corrected chi connectivity index (χ0v) is 17.6. The van der Waals surface area contributed by atoms with Crippen LogP contribution in [-0.4, -0.2) is 22.1 Å². The number of rotatable bonds is 5. The molecule has 152 valence electrons. The highest BCUT2D eigenvalue weighted by Crippen LogP contribution is 2.28. The lowest BCUT2D eigenvalue weighted by molar-refractivity contribution is 0.353. The molecule has 5 heteroatoms. The van der Waals surface area contributed by atoms with E-state index in [0.717, 1.165) is 46.5 Å². The Morgan fingerprint density at radius 1 is 0.800 bits per heavy atom. The van der Waals surface area contributed by atoms with Crippen LogP contribution in [0.3, 0.4) is 0 Å². The first-order chi connectivity index (χ1) is 14.8. The van der Waals surface area contributed by atoms with E-state index in [1.807, 2.05) is 30.6 Å². The first-order valence-corrected chi connectivity index (χ1v) is 11.0. The molecule has 2 N–H and O–H groups in total. The molecule has 0 unspecified atom stereocenters. The summed E-state index contributed by atoms with van der Waals surface area (Å²) in [7, 11) is 0. The van der Waals surface area contributed by atoms with Gasteiger partial charge in [0, 0.05) is 52.5 Å². The Morgan fingerprint density at radius 3 is 2.47 bits per heavy atom. The van der Waals surface area contributed by atoms with Crippen molar-refractivity contribution in [3.63, 3.8) is 0 Å². The van der Waals surface area contributed by atoms with Gasteiger partial charge in [-0.25, -0.2) is 0 Å².